The van der Waals surface area contributed by atoms with E-state index in [9.17, 15) is 4.79 Å². The zero-order valence-electron chi connectivity index (χ0n) is 10.3. The molecule has 0 amide bonds. The molecule has 0 aromatic heterocycles. The Morgan fingerprint density at radius 3 is 2.76 bits per heavy atom. The zero-order chi connectivity index (χ0) is 11.8. The summed E-state index contributed by atoms with van der Waals surface area (Å²) in [4.78, 5) is 14.6. The lowest BCUT2D eigenvalue weighted by Crippen LogP contribution is -2.47. The molecule has 2 bridgehead atoms. The van der Waals surface area contributed by atoms with E-state index in [4.69, 9.17) is 0 Å². The summed E-state index contributed by atoms with van der Waals surface area (Å²) in [5.41, 5.74) is 1.30. The number of hydrogen-bond acceptors (Lipinski definition) is 2. The molecule has 1 aromatic carbocycles. The van der Waals surface area contributed by atoms with Crippen molar-refractivity contribution >= 4 is 5.78 Å². The molecule has 2 aliphatic heterocycles. The van der Waals surface area contributed by atoms with Gasteiger partial charge in [-0.25, -0.2) is 0 Å². The quantitative estimate of drug-likeness (QED) is 0.775. The molecule has 1 unspecified atom stereocenters. The van der Waals surface area contributed by atoms with Crippen molar-refractivity contribution < 1.29 is 4.79 Å². The second-order valence-corrected chi connectivity index (χ2v) is 5.43. The van der Waals surface area contributed by atoms with Crippen LogP contribution in [0.5, 0.6) is 0 Å². The highest BCUT2D eigenvalue weighted by Gasteiger charge is 2.44. The fourth-order valence-electron chi connectivity index (χ4n) is 3.49. The fourth-order valence-corrected chi connectivity index (χ4v) is 3.49. The van der Waals surface area contributed by atoms with E-state index in [1.54, 1.807) is 0 Å². The van der Waals surface area contributed by atoms with Gasteiger partial charge in [0, 0.05) is 24.4 Å². The van der Waals surface area contributed by atoms with Crippen LogP contribution < -0.4 is 0 Å². The van der Waals surface area contributed by atoms with Gasteiger partial charge in [-0.15, -0.1) is 0 Å². The van der Waals surface area contributed by atoms with Crippen LogP contribution in [0, 0.1) is 5.92 Å². The summed E-state index contributed by atoms with van der Waals surface area (Å²) in [7, 11) is 2.19. The van der Waals surface area contributed by atoms with Gasteiger partial charge >= 0.3 is 0 Å². The van der Waals surface area contributed by atoms with E-state index in [1.807, 2.05) is 6.07 Å². The van der Waals surface area contributed by atoms with Crippen molar-refractivity contribution in [3.8, 4) is 0 Å². The van der Waals surface area contributed by atoms with E-state index in [1.165, 1.54) is 18.4 Å². The van der Waals surface area contributed by atoms with Gasteiger partial charge in [0.05, 0.1) is 0 Å². The molecule has 0 spiro atoms. The van der Waals surface area contributed by atoms with E-state index >= 15 is 0 Å². The third kappa shape index (κ3) is 1.91. The van der Waals surface area contributed by atoms with Gasteiger partial charge < -0.3 is 0 Å². The third-order valence-corrected chi connectivity index (χ3v) is 4.51. The Morgan fingerprint density at radius 2 is 2.00 bits per heavy atom. The van der Waals surface area contributed by atoms with Crippen molar-refractivity contribution in [3.63, 3.8) is 0 Å². The van der Waals surface area contributed by atoms with Crippen LogP contribution in [0.15, 0.2) is 30.3 Å². The number of piperidine rings is 1. The lowest BCUT2D eigenvalue weighted by molar-refractivity contribution is -0.128. The molecule has 2 aliphatic rings. The van der Waals surface area contributed by atoms with Gasteiger partial charge in [-0.05, 0) is 31.9 Å². The number of Topliss-reactive ketones (excluding diaryl/α,β-unsaturated/α-hetero) is 1. The first-order chi connectivity index (χ1) is 8.25. The molecule has 0 N–H and O–H groups in total. The van der Waals surface area contributed by atoms with Gasteiger partial charge in [-0.2, -0.15) is 0 Å². The number of hydrogen-bond donors (Lipinski definition) is 0. The molecule has 1 aromatic rings. The van der Waals surface area contributed by atoms with Crippen LogP contribution in [0.4, 0.5) is 0 Å². The molecule has 3 rings (SSSR count). The predicted molar refractivity (Wildman–Crippen MR) is 67.8 cm³/mol. The number of benzene rings is 1. The minimum Gasteiger partial charge on any atom is -0.299 e. The molecule has 2 fully saturated rings. The van der Waals surface area contributed by atoms with Crippen molar-refractivity contribution in [3.05, 3.63) is 35.9 Å². The molecule has 0 aliphatic carbocycles. The summed E-state index contributed by atoms with van der Waals surface area (Å²) < 4.78 is 0. The first-order valence-electron chi connectivity index (χ1n) is 6.54. The third-order valence-electron chi connectivity index (χ3n) is 4.51. The summed E-state index contributed by atoms with van der Waals surface area (Å²) in [5, 5.41) is 0. The maximum atomic E-state index is 12.2. The highest BCUT2D eigenvalue weighted by molar-refractivity contribution is 5.84. The van der Waals surface area contributed by atoms with Gasteiger partial charge in [-0.1, -0.05) is 30.3 Å². The van der Waals surface area contributed by atoms with Crippen molar-refractivity contribution in [2.45, 2.75) is 37.8 Å². The number of carbonyl (C=O) groups excluding carboxylic acids is 1. The number of ketones is 1. The fraction of sp³-hybridized carbons (Fsp3) is 0.533. The second kappa shape index (κ2) is 4.26. The van der Waals surface area contributed by atoms with Crippen LogP contribution in [0.3, 0.4) is 0 Å². The van der Waals surface area contributed by atoms with E-state index in [-0.39, 0.29) is 5.92 Å². The van der Waals surface area contributed by atoms with Gasteiger partial charge in [0.15, 0.2) is 0 Å². The minimum absolute atomic E-state index is 0.223. The van der Waals surface area contributed by atoms with Crippen molar-refractivity contribution in [1.82, 2.24) is 4.90 Å². The zero-order valence-corrected chi connectivity index (χ0v) is 10.3. The SMILES string of the molecule is CN1[C@@H]2CC[C@H]1C(Cc1ccccc1)C(=O)C2. The molecule has 90 valence electrons. The molecule has 2 saturated heterocycles. The largest absolute Gasteiger partial charge is 0.299 e. The molecule has 2 nitrogen and oxygen atoms in total. The lowest BCUT2D eigenvalue weighted by atomic mass is 9.84. The van der Waals surface area contributed by atoms with E-state index < -0.39 is 0 Å². The highest BCUT2D eigenvalue weighted by atomic mass is 16.1. The topological polar surface area (TPSA) is 20.3 Å². The summed E-state index contributed by atoms with van der Waals surface area (Å²) in [5.74, 6) is 0.709. The van der Waals surface area contributed by atoms with E-state index in [0.29, 0.717) is 17.9 Å². The average molecular weight is 229 g/mol. The van der Waals surface area contributed by atoms with Crippen molar-refractivity contribution in [2.24, 2.45) is 5.92 Å². The average Bonchev–Trinajstić information content (AvgIpc) is 2.59. The van der Waals surface area contributed by atoms with Crippen LogP contribution in [0.2, 0.25) is 0 Å². The second-order valence-electron chi connectivity index (χ2n) is 5.43. The Morgan fingerprint density at radius 1 is 1.24 bits per heavy atom. The van der Waals surface area contributed by atoms with Crippen molar-refractivity contribution in [1.29, 1.82) is 0 Å². The van der Waals surface area contributed by atoms with E-state index in [0.717, 1.165) is 12.8 Å². The Bertz CT molecular complexity index is 414. The molecular formula is C15H19NO. The summed E-state index contributed by atoms with van der Waals surface area (Å²) in [6.45, 7) is 0. The number of rotatable bonds is 2. The Labute approximate surface area is 103 Å². The van der Waals surface area contributed by atoms with Gasteiger partial charge in [0.2, 0.25) is 0 Å². The van der Waals surface area contributed by atoms with Crippen LogP contribution in [-0.2, 0) is 11.2 Å². The highest BCUT2D eigenvalue weighted by Crippen LogP contribution is 2.37. The molecule has 2 heterocycles. The van der Waals surface area contributed by atoms with Gasteiger partial charge in [-0.3, -0.25) is 9.69 Å². The molecular weight excluding hydrogens is 210 g/mol. The van der Waals surface area contributed by atoms with Crippen LogP contribution in [-0.4, -0.2) is 29.8 Å². The van der Waals surface area contributed by atoms with Gasteiger partial charge in [0.1, 0.15) is 5.78 Å². The first-order valence-corrected chi connectivity index (χ1v) is 6.54. The summed E-state index contributed by atoms with van der Waals surface area (Å²) in [6.07, 6.45) is 4.09. The van der Waals surface area contributed by atoms with Crippen LogP contribution in [0.25, 0.3) is 0 Å². The first kappa shape index (κ1) is 11.0. The van der Waals surface area contributed by atoms with Gasteiger partial charge in [0.25, 0.3) is 0 Å². The molecule has 17 heavy (non-hydrogen) atoms. The maximum absolute atomic E-state index is 12.2. The normalized spacial score (nSPS) is 33.0. The summed E-state index contributed by atoms with van der Waals surface area (Å²) in [6, 6.07) is 11.4. The Kier molecular flexibility index (Phi) is 2.75. The standard InChI is InChI=1S/C15H19NO/c1-16-12-7-8-14(16)13(15(17)10-12)9-11-5-3-2-4-6-11/h2-6,12-14H,7-10H2,1H3/t12-,13?,14+/m1/s1. The van der Waals surface area contributed by atoms with Crippen molar-refractivity contribution in [2.75, 3.05) is 7.05 Å². The number of fused-ring (bicyclic) bond motifs is 2. The smallest absolute Gasteiger partial charge is 0.139 e. The van der Waals surface area contributed by atoms with Crippen LogP contribution >= 0.6 is 0 Å². The Balaban J connectivity index is 1.80. The summed E-state index contributed by atoms with van der Waals surface area (Å²) >= 11 is 0. The lowest BCUT2D eigenvalue weighted by Gasteiger charge is -2.36. The minimum atomic E-state index is 0.223. The molecule has 2 heteroatoms. The number of carbonyl (C=O) groups is 1. The molecule has 3 atom stereocenters. The molecule has 0 radical (unpaired) electrons. The number of nitrogens with zero attached hydrogens (tertiary/aromatic N) is 1. The maximum Gasteiger partial charge on any atom is 0.139 e. The van der Waals surface area contributed by atoms with Crippen LogP contribution in [0.1, 0.15) is 24.8 Å². The predicted octanol–water partition coefficient (Wildman–Crippen LogP) is 2.28. The van der Waals surface area contributed by atoms with E-state index in [2.05, 4.69) is 36.2 Å². The molecule has 0 saturated carbocycles. The monoisotopic (exact) mass is 229 g/mol. The Hall–Kier alpha value is -1.15.